The van der Waals surface area contributed by atoms with E-state index in [4.69, 9.17) is 4.74 Å². The Morgan fingerprint density at radius 1 is 1.41 bits per heavy atom. The van der Waals surface area contributed by atoms with E-state index in [9.17, 15) is 0 Å². The summed E-state index contributed by atoms with van der Waals surface area (Å²) in [6, 6.07) is 8.93. The maximum atomic E-state index is 5.14. The molecule has 1 aromatic heterocycles. The number of fused-ring (bicyclic) bond motifs is 1. The van der Waals surface area contributed by atoms with E-state index in [1.54, 1.807) is 7.11 Å². The SMILES string of the molecule is CN=C(NCC1(c2cccc(Br)c2)CC1)NC1CCc2nc(COC)nn2C1.I. The molecule has 4 rings (SSSR count). The average Bonchev–Trinajstić information content (AvgIpc) is 3.38. The highest BCUT2D eigenvalue weighted by Crippen LogP contribution is 2.48. The molecule has 9 heteroatoms. The first-order valence-electron chi connectivity index (χ1n) is 9.77. The minimum absolute atomic E-state index is 0. The van der Waals surface area contributed by atoms with Crippen LogP contribution in [0.3, 0.4) is 0 Å². The number of hydrogen-bond donors (Lipinski definition) is 2. The smallest absolute Gasteiger partial charge is 0.191 e. The number of nitrogens with one attached hydrogen (secondary N) is 2. The van der Waals surface area contributed by atoms with E-state index in [1.165, 1.54) is 18.4 Å². The molecule has 2 aliphatic rings. The van der Waals surface area contributed by atoms with Crippen LogP contribution in [0.4, 0.5) is 0 Å². The molecule has 0 amide bonds. The standard InChI is InChI=1S/C20H27BrN6O.HI/c1-22-19(23-13-20(8-9-20)14-4-3-5-15(21)10-14)24-16-6-7-18-25-17(12-28-2)26-27(18)11-16;/h3-5,10,16H,6-9,11-13H2,1-2H3,(H2,22,23,24);1H. The first-order valence-corrected chi connectivity index (χ1v) is 10.6. The van der Waals surface area contributed by atoms with Crippen LogP contribution in [-0.4, -0.2) is 47.5 Å². The zero-order chi connectivity index (χ0) is 19.6. The van der Waals surface area contributed by atoms with Gasteiger partial charge in [-0.3, -0.25) is 4.99 Å². The molecule has 0 bridgehead atoms. The Bertz CT molecular complexity index is 866. The molecule has 1 aliphatic carbocycles. The first kappa shape index (κ1) is 22.5. The van der Waals surface area contributed by atoms with Crippen molar-refractivity contribution in [3.8, 4) is 0 Å². The molecule has 158 valence electrons. The van der Waals surface area contributed by atoms with Gasteiger partial charge in [0.15, 0.2) is 11.8 Å². The van der Waals surface area contributed by atoms with Crippen LogP contribution in [0.15, 0.2) is 33.7 Å². The van der Waals surface area contributed by atoms with Crippen LogP contribution in [0.1, 0.15) is 36.5 Å². The summed E-state index contributed by atoms with van der Waals surface area (Å²) in [6.45, 7) is 2.14. The lowest BCUT2D eigenvalue weighted by molar-refractivity contribution is 0.177. The van der Waals surface area contributed by atoms with Gasteiger partial charge >= 0.3 is 0 Å². The van der Waals surface area contributed by atoms with E-state index < -0.39 is 0 Å². The Kier molecular flexibility index (Phi) is 7.55. The van der Waals surface area contributed by atoms with E-state index in [-0.39, 0.29) is 35.4 Å². The Labute approximate surface area is 197 Å². The molecule has 0 saturated heterocycles. The number of methoxy groups -OCH3 is 1. The van der Waals surface area contributed by atoms with Gasteiger partial charge < -0.3 is 15.4 Å². The van der Waals surface area contributed by atoms with E-state index in [0.29, 0.717) is 6.61 Å². The van der Waals surface area contributed by atoms with Crippen molar-refractivity contribution >= 4 is 45.9 Å². The van der Waals surface area contributed by atoms with Crippen molar-refractivity contribution in [2.24, 2.45) is 4.99 Å². The second-order valence-electron chi connectivity index (χ2n) is 7.66. The lowest BCUT2D eigenvalue weighted by atomic mass is 9.96. The fourth-order valence-electron chi connectivity index (χ4n) is 3.85. The van der Waals surface area contributed by atoms with Gasteiger partial charge in [-0.1, -0.05) is 28.1 Å². The quantitative estimate of drug-likeness (QED) is 0.315. The van der Waals surface area contributed by atoms with E-state index in [2.05, 4.69) is 65.9 Å². The summed E-state index contributed by atoms with van der Waals surface area (Å²) in [5.74, 6) is 2.65. The van der Waals surface area contributed by atoms with Crippen LogP contribution in [-0.2, 0) is 29.7 Å². The fourth-order valence-corrected chi connectivity index (χ4v) is 4.25. The predicted octanol–water partition coefficient (Wildman–Crippen LogP) is 3.02. The number of aryl methyl sites for hydroxylation is 1. The summed E-state index contributed by atoms with van der Waals surface area (Å²) in [6.07, 6.45) is 4.35. The normalized spacial score (nSPS) is 19.8. The van der Waals surface area contributed by atoms with Crippen molar-refractivity contribution < 1.29 is 4.74 Å². The van der Waals surface area contributed by atoms with Crippen LogP contribution in [0.5, 0.6) is 0 Å². The maximum absolute atomic E-state index is 5.14. The Balaban J connectivity index is 0.00000240. The molecule has 29 heavy (non-hydrogen) atoms. The lowest BCUT2D eigenvalue weighted by Crippen LogP contribution is -2.48. The Hall–Kier alpha value is -1.20. The third kappa shape index (κ3) is 5.29. The van der Waals surface area contributed by atoms with Crippen molar-refractivity contribution in [2.75, 3.05) is 20.7 Å². The molecule has 1 saturated carbocycles. The number of guanidine groups is 1. The first-order chi connectivity index (χ1) is 13.6. The Morgan fingerprint density at radius 3 is 2.93 bits per heavy atom. The molecule has 2 N–H and O–H groups in total. The monoisotopic (exact) mass is 574 g/mol. The number of rotatable bonds is 6. The van der Waals surface area contributed by atoms with Gasteiger partial charge in [-0.2, -0.15) is 5.10 Å². The van der Waals surface area contributed by atoms with Gasteiger partial charge in [-0.25, -0.2) is 9.67 Å². The number of aliphatic imine (C=N–C) groups is 1. The molecular weight excluding hydrogens is 547 g/mol. The van der Waals surface area contributed by atoms with Crippen molar-refractivity contribution in [2.45, 2.75) is 50.3 Å². The maximum Gasteiger partial charge on any atom is 0.191 e. The molecule has 1 aromatic carbocycles. The third-order valence-corrected chi connectivity index (χ3v) is 6.12. The number of benzene rings is 1. The molecule has 0 spiro atoms. The van der Waals surface area contributed by atoms with Crippen LogP contribution in [0, 0.1) is 0 Å². The second-order valence-corrected chi connectivity index (χ2v) is 8.57. The van der Waals surface area contributed by atoms with Crippen LogP contribution >= 0.6 is 39.9 Å². The van der Waals surface area contributed by atoms with Crippen LogP contribution in [0.2, 0.25) is 0 Å². The number of halogens is 2. The van der Waals surface area contributed by atoms with Crippen molar-refractivity contribution in [3.63, 3.8) is 0 Å². The van der Waals surface area contributed by atoms with Gasteiger partial charge in [-0.05, 0) is 37.0 Å². The highest BCUT2D eigenvalue weighted by Gasteiger charge is 2.44. The minimum atomic E-state index is 0. The molecule has 1 atom stereocenters. The highest BCUT2D eigenvalue weighted by molar-refractivity contribution is 14.0. The number of aromatic nitrogens is 3. The molecule has 7 nitrogen and oxygen atoms in total. The zero-order valence-corrected chi connectivity index (χ0v) is 20.7. The molecule has 0 radical (unpaired) electrons. The van der Waals surface area contributed by atoms with Crippen LogP contribution in [0.25, 0.3) is 0 Å². The molecule has 1 aliphatic heterocycles. The topological polar surface area (TPSA) is 76.4 Å². The summed E-state index contributed by atoms with van der Waals surface area (Å²) in [4.78, 5) is 8.98. The predicted molar refractivity (Wildman–Crippen MR) is 128 cm³/mol. The molecule has 1 fully saturated rings. The van der Waals surface area contributed by atoms with Gasteiger partial charge in [-0.15, -0.1) is 24.0 Å². The molecule has 2 heterocycles. The largest absolute Gasteiger partial charge is 0.377 e. The fraction of sp³-hybridized carbons (Fsp3) is 0.550. The van der Waals surface area contributed by atoms with Gasteiger partial charge in [0.1, 0.15) is 12.4 Å². The minimum Gasteiger partial charge on any atom is -0.377 e. The van der Waals surface area contributed by atoms with Crippen molar-refractivity contribution in [1.82, 2.24) is 25.4 Å². The number of hydrogen-bond acceptors (Lipinski definition) is 4. The van der Waals surface area contributed by atoms with E-state index >= 15 is 0 Å². The van der Waals surface area contributed by atoms with Gasteiger partial charge in [0.2, 0.25) is 0 Å². The van der Waals surface area contributed by atoms with Gasteiger partial charge in [0, 0.05) is 43.1 Å². The molecule has 1 unspecified atom stereocenters. The average molecular weight is 575 g/mol. The van der Waals surface area contributed by atoms with Crippen molar-refractivity contribution in [1.29, 1.82) is 0 Å². The number of nitrogens with zero attached hydrogens (tertiary/aromatic N) is 4. The summed E-state index contributed by atoms with van der Waals surface area (Å²) in [5.41, 5.74) is 1.61. The third-order valence-electron chi connectivity index (χ3n) is 5.62. The molecular formula is C20H28BrIN6O. The summed E-state index contributed by atoms with van der Waals surface area (Å²) in [7, 11) is 3.50. The number of ether oxygens (including phenoxy) is 1. The molecule has 2 aromatic rings. The summed E-state index contributed by atoms with van der Waals surface area (Å²) >= 11 is 3.59. The summed E-state index contributed by atoms with van der Waals surface area (Å²) < 4.78 is 8.27. The highest BCUT2D eigenvalue weighted by atomic mass is 127. The Morgan fingerprint density at radius 2 is 2.24 bits per heavy atom. The summed E-state index contributed by atoms with van der Waals surface area (Å²) in [5, 5.41) is 11.6. The lowest BCUT2D eigenvalue weighted by Gasteiger charge is -2.26. The van der Waals surface area contributed by atoms with E-state index in [0.717, 1.165) is 48.0 Å². The van der Waals surface area contributed by atoms with Crippen molar-refractivity contribution in [3.05, 3.63) is 46.0 Å². The zero-order valence-electron chi connectivity index (χ0n) is 16.8. The van der Waals surface area contributed by atoms with Crippen LogP contribution < -0.4 is 10.6 Å². The van der Waals surface area contributed by atoms with Gasteiger partial charge in [0.05, 0.1) is 6.54 Å². The van der Waals surface area contributed by atoms with Gasteiger partial charge in [0.25, 0.3) is 0 Å². The second kappa shape index (κ2) is 9.74. The van der Waals surface area contributed by atoms with E-state index in [1.807, 2.05) is 11.7 Å².